The molecule has 114 valence electrons. The fourth-order valence-electron chi connectivity index (χ4n) is 2.66. The summed E-state index contributed by atoms with van der Waals surface area (Å²) in [4.78, 5) is 17.8. The Kier molecular flexibility index (Phi) is 4.20. The van der Waals surface area contributed by atoms with Gasteiger partial charge in [-0.3, -0.25) is 4.79 Å². The van der Waals surface area contributed by atoms with Crippen LogP contribution in [0.4, 0.5) is 0 Å². The van der Waals surface area contributed by atoms with Gasteiger partial charge in [0.15, 0.2) is 5.78 Å². The largest absolute Gasteiger partial charge is 0.399 e. The molecule has 0 saturated carbocycles. The topological polar surface area (TPSA) is 38.7 Å². The van der Waals surface area contributed by atoms with Crippen molar-refractivity contribution in [3.63, 3.8) is 0 Å². The normalized spacial score (nSPS) is 11.5. The summed E-state index contributed by atoms with van der Waals surface area (Å²) < 4.78 is 0. The molecule has 3 aromatic carbocycles. The van der Waals surface area contributed by atoms with Gasteiger partial charge in [0.05, 0.1) is 5.71 Å². The molecule has 0 atom stereocenters. The van der Waals surface area contributed by atoms with Gasteiger partial charge in [-0.1, -0.05) is 59.8 Å². The van der Waals surface area contributed by atoms with E-state index in [1.165, 1.54) is 7.11 Å². The van der Waals surface area contributed by atoms with Gasteiger partial charge < -0.3 is 4.84 Å². The average molecular weight is 303 g/mol. The van der Waals surface area contributed by atoms with E-state index in [1.807, 2.05) is 73.7 Å². The second-order valence-electron chi connectivity index (χ2n) is 5.30. The molecule has 0 aliphatic heterocycles. The second kappa shape index (κ2) is 6.44. The number of benzene rings is 3. The van der Waals surface area contributed by atoms with Crippen molar-refractivity contribution in [2.24, 2.45) is 5.16 Å². The van der Waals surface area contributed by atoms with E-state index in [-0.39, 0.29) is 5.78 Å². The summed E-state index contributed by atoms with van der Waals surface area (Å²) in [7, 11) is 1.50. The number of carbonyl (C=O) groups excluding carboxylic acids is 1. The molecule has 3 rings (SSSR count). The van der Waals surface area contributed by atoms with Gasteiger partial charge in [-0.15, -0.1) is 0 Å². The molecule has 3 aromatic rings. The number of hydrogen-bond acceptors (Lipinski definition) is 3. The molecule has 0 unspecified atom stereocenters. The molecule has 0 N–H and O–H groups in total. The summed E-state index contributed by atoms with van der Waals surface area (Å²) in [5.74, 6) is -0.0167. The van der Waals surface area contributed by atoms with E-state index in [2.05, 4.69) is 5.16 Å². The van der Waals surface area contributed by atoms with Gasteiger partial charge >= 0.3 is 0 Å². The maximum atomic E-state index is 12.9. The van der Waals surface area contributed by atoms with Crippen LogP contribution in [0.15, 0.2) is 71.9 Å². The molecule has 0 radical (unpaired) electrons. The minimum Gasteiger partial charge on any atom is -0.399 e. The van der Waals surface area contributed by atoms with Gasteiger partial charge in [0, 0.05) is 16.7 Å². The summed E-state index contributed by atoms with van der Waals surface area (Å²) in [6.45, 7) is 1.84. The molecule has 0 saturated heterocycles. The Morgan fingerprint density at radius 3 is 2.04 bits per heavy atom. The van der Waals surface area contributed by atoms with E-state index in [9.17, 15) is 4.79 Å². The molecule has 0 aliphatic carbocycles. The quantitative estimate of drug-likeness (QED) is 0.406. The number of ketones is 1. The molecule has 3 nitrogen and oxygen atoms in total. The lowest BCUT2D eigenvalue weighted by atomic mass is 9.93. The summed E-state index contributed by atoms with van der Waals surface area (Å²) >= 11 is 0. The van der Waals surface area contributed by atoms with Crippen LogP contribution in [0.3, 0.4) is 0 Å². The lowest BCUT2D eigenvalue weighted by Gasteiger charge is -2.11. The second-order valence-corrected chi connectivity index (χ2v) is 5.30. The van der Waals surface area contributed by atoms with Crippen LogP contribution in [0.2, 0.25) is 0 Å². The smallest absolute Gasteiger partial charge is 0.193 e. The highest BCUT2D eigenvalue weighted by Gasteiger charge is 2.16. The first kappa shape index (κ1) is 15.0. The van der Waals surface area contributed by atoms with Crippen LogP contribution in [-0.2, 0) is 4.84 Å². The van der Waals surface area contributed by atoms with Gasteiger partial charge in [-0.05, 0) is 29.8 Å². The van der Waals surface area contributed by atoms with E-state index >= 15 is 0 Å². The van der Waals surface area contributed by atoms with Crippen LogP contribution in [0.1, 0.15) is 28.4 Å². The van der Waals surface area contributed by atoms with Gasteiger partial charge in [0.2, 0.25) is 0 Å². The number of oxime groups is 1. The molecule has 0 bridgehead atoms. The lowest BCUT2D eigenvalue weighted by Crippen LogP contribution is -2.09. The molecular formula is C20H17NO2. The SMILES string of the molecule is CO/N=C(\C)c1cc2ccccc2cc1C(=O)c1ccccc1. The number of rotatable bonds is 4. The van der Waals surface area contributed by atoms with Crippen molar-refractivity contribution in [3.8, 4) is 0 Å². The number of nitrogens with zero attached hydrogens (tertiary/aromatic N) is 1. The Bertz CT molecular complexity index is 883. The van der Waals surface area contributed by atoms with Crippen LogP contribution in [0.25, 0.3) is 10.8 Å². The zero-order chi connectivity index (χ0) is 16.2. The van der Waals surface area contributed by atoms with Gasteiger partial charge in [-0.2, -0.15) is 0 Å². The molecule has 0 fully saturated rings. The Labute approximate surface area is 135 Å². The minimum atomic E-state index is -0.0167. The standard InChI is InChI=1S/C20H17NO2/c1-14(21-23-2)18-12-16-10-6-7-11-17(16)13-19(18)20(22)15-8-4-3-5-9-15/h3-13H,1-2H3/b21-14+. The van der Waals surface area contributed by atoms with E-state index in [1.54, 1.807) is 0 Å². The lowest BCUT2D eigenvalue weighted by molar-refractivity contribution is 0.103. The van der Waals surface area contributed by atoms with Crippen molar-refractivity contribution in [3.05, 3.63) is 83.4 Å². The summed E-state index contributed by atoms with van der Waals surface area (Å²) in [5.41, 5.74) is 2.76. The fraction of sp³-hybridized carbons (Fsp3) is 0.100. The van der Waals surface area contributed by atoms with Crippen molar-refractivity contribution >= 4 is 22.3 Å². The van der Waals surface area contributed by atoms with Crippen molar-refractivity contribution < 1.29 is 9.63 Å². The zero-order valence-electron chi connectivity index (χ0n) is 13.1. The highest BCUT2D eigenvalue weighted by atomic mass is 16.6. The van der Waals surface area contributed by atoms with Crippen molar-refractivity contribution in [2.45, 2.75) is 6.92 Å². The van der Waals surface area contributed by atoms with E-state index < -0.39 is 0 Å². The average Bonchev–Trinajstić information content (AvgIpc) is 2.61. The molecule has 0 aliphatic rings. The predicted octanol–water partition coefficient (Wildman–Crippen LogP) is 4.44. The summed E-state index contributed by atoms with van der Waals surface area (Å²) in [6.07, 6.45) is 0. The predicted molar refractivity (Wildman–Crippen MR) is 93.0 cm³/mol. The third kappa shape index (κ3) is 2.99. The summed E-state index contributed by atoms with van der Waals surface area (Å²) in [5, 5.41) is 6.10. The monoisotopic (exact) mass is 303 g/mol. The number of fused-ring (bicyclic) bond motifs is 1. The van der Waals surface area contributed by atoms with Crippen LogP contribution in [0.5, 0.6) is 0 Å². The van der Waals surface area contributed by atoms with Crippen LogP contribution >= 0.6 is 0 Å². The molecule has 0 heterocycles. The molecule has 0 spiro atoms. The molecular weight excluding hydrogens is 286 g/mol. The maximum Gasteiger partial charge on any atom is 0.193 e. The summed E-state index contributed by atoms with van der Waals surface area (Å²) in [6, 6.07) is 21.2. The van der Waals surface area contributed by atoms with Gasteiger partial charge in [0.1, 0.15) is 7.11 Å². The molecule has 3 heteroatoms. The van der Waals surface area contributed by atoms with Gasteiger partial charge in [0.25, 0.3) is 0 Å². The Morgan fingerprint density at radius 2 is 1.43 bits per heavy atom. The molecule has 23 heavy (non-hydrogen) atoms. The zero-order valence-corrected chi connectivity index (χ0v) is 13.1. The molecule has 0 amide bonds. The first-order valence-electron chi connectivity index (χ1n) is 7.41. The minimum absolute atomic E-state index is 0.0167. The van der Waals surface area contributed by atoms with E-state index in [0.29, 0.717) is 16.8 Å². The number of hydrogen-bond donors (Lipinski definition) is 0. The van der Waals surface area contributed by atoms with Gasteiger partial charge in [-0.25, -0.2) is 0 Å². The number of carbonyl (C=O) groups is 1. The van der Waals surface area contributed by atoms with Crippen molar-refractivity contribution in [1.82, 2.24) is 0 Å². The first-order chi connectivity index (χ1) is 11.2. The van der Waals surface area contributed by atoms with Crippen molar-refractivity contribution in [2.75, 3.05) is 7.11 Å². The fourth-order valence-corrected chi connectivity index (χ4v) is 2.66. The van der Waals surface area contributed by atoms with E-state index in [4.69, 9.17) is 4.84 Å². The highest BCUT2D eigenvalue weighted by molar-refractivity contribution is 6.18. The van der Waals surface area contributed by atoms with Crippen LogP contribution in [-0.4, -0.2) is 18.6 Å². The maximum absolute atomic E-state index is 12.9. The molecule has 0 aromatic heterocycles. The Hall–Kier alpha value is -2.94. The Balaban J connectivity index is 2.23. The van der Waals surface area contributed by atoms with Crippen molar-refractivity contribution in [1.29, 1.82) is 0 Å². The van der Waals surface area contributed by atoms with E-state index in [0.717, 1.165) is 16.3 Å². The highest BCUT2D eigenvalue weighted by Crippen LogP contribution is 2.23. The third-order valence-corrected chi connectivity index (χ3v) is 3.78. The third-order valence-electron chi connectivity index (χ3n) is 3.78. The Morgan fingerprint density at radius 1 is 0.870 bits per heavy atom. The van der Waals surface area contributed by atoms with Crippen LogP contribution < -0.4 is 0 Å². The van der Waals surface area contributed by atoms with Crippen LogP contribution in [0, 0.1) is 0 Å². The first-order valence-corrected chi connectivity index (χ1v) is 7.41.